The van der Waals surface area contributed by atoms with Gasteiger partial charge in [0, 0.05) is 25.3 Å². The summed E-state index contributed by atoms with van der Waals surface area (Å²) in [6, 6.07) is 3.21. The van der Waals surface area contributed by atoms with Crippen molar-refractivity contribution in [2.45, 2.75) is 25.3 Å². The van der Waals surface area contributed by atoms with Gasteiger partial charge in [-0.05, 0) is 31.5 Å². The molecular formula is C14H21N3O3. The fourth-order valence-corrected chi connectivity index (χ4v) is 2.53. The Morgan fingerprint density at radius 3 is 3.10 bits per heavy atom. The Labute approximate surface area is 118 Å². The highest BCUT2D eigenvalue weighted by atomic mass is 16.3. The highest BCUT2D eigenvalue weighted by Crippen LogP contribution is 2.16. The molecule has 110 valence electrons. The molecule has 0 bridgehead atoms. The van der Waals surface area contributed by atoms with E-state index >= 15 is 0 Å². The van der Waals surface area contributed by atoms with Crippen LogP contribution in [0.5, 0.6) is 5.75 Å². The molecule has 1 aliphatic heterocycles. The van der Waals surface area contributed by atoms with Crippen LogP contribution < -0.4 is 5.32 Å². The average Bonchev–Trinajstić information content (AvgIpc) is 2.48. The predicted octanol–water partition coefficient (Wildman–Crippen LogP) is 0.364. The Balaban J connectivity index is 1.80. The van der Waals surface area contributed by atoms with E-state index in [0.29, 0.717) is 13.1 Å². The summed E-state index contributed by atoms with van der Waals surface area (Å²) in [6.45, 7) is 2.29. The number of carbonyl (C=O) groups excluding carboxylic acids is 1. The molecule has 3 N–H and O–H groups in total. The van der Waals surface area contributed by atoms with Gasteiger partial charge in [-0.3, -0.25) is 9.69 Å². The van der Waals surface area contributed by atoms with Crippen LogP contribution in [0.4, 0.5) is 0 Å². The highest BCUT2D eigenvalue weighted by molar-refractivity contribution is 5.94. The predicted molar refractivity (Wildman–Crippen MR) is 74.5 cm³/mol. The summed E-state index contributed by atoms with van der Waals surface area (Å²) in [5.74, 6) is -0.489. The lowest BCUT2D eigenvalue weighted by Gasteiger charge is -2.34. The lowest BCUT2D eigenvalue weighted by molar-refractivity contribution is 0.0845. The largest absolute Gasteiger partial charge is 0.505 e. The van der Waals surface area contributed by atoms with Crippen LogP contribution in [0.3, 0.4) is 0 Å². The maximum atomic E-state index is 11.9. The minimum absolute atomic E-state index is 0.0462. The Morgan fingerprint density at radius 1 is 1.50 bits per heavy atom. The minimum Gasteiger partial charge on any atom is -0.505 e. The van der Waals surface area contributed by atoms with E-state index in [2.05, 4.69) is 15.2 Å². The summed E-state index contributed by atoms with van der Waals surface area (Å²) >= 11 is 0. The summed E-state index contributed by atoms with van der Waals surface area (Å²) < 4.78 is 0. The molecule has 1 saturated heterocycles. The number of aromatic nitrogens is 1. The molecular weight excluding hydrogens is 258 g/mol. The lowest BCUT2D eigenvalue weighted by atomic mass is 10.0. The number of aliphatic hydroxyl groups excluding tert-OH is 1. The van der Waals surface area contributed by atoms with Crippen LogP contribution in [0.2, 0.25) is 0 Å². The Morgan fingerprint density at radius 2 is 2.35 bits per heavy atom. The second-order valence-electron chi connectivity index (χ2n) is 5.00. The normalized spacial score (nSPS) is 19.8. The number of aromatic hydroxyl groups is 1. The smallest absolute Gasteiger partial charge is 0.273 e. The number of rotatable bonds is 5. The van der Waals surface area contributed by atoms with Gasteiger partial charge in [0.25, 0.3) is 5.91 Å². The summed E-state index contributed by atoms with van der Waals surface area (Å²) in [7, 11) is 0. The average molecular weight is 279 g/mol. The van der Waals surface area contributed by atoms with Crippen molar-refractivity contribution in [3.8, 4) is 5.75 Å². The third-order valence-electron chi connectivity index (χ3n) is 3.65. The molecule has 1 aromatic heterocycles. The molecule has 6 nitrogen and oxygen atoms in total. The van der Waals surface area contributed by atoms with Crippen molar-refractivity contribution in [1.82, 2.24) is 15.2 Å². The van der Waals surface area contributed by atoms with Crippen LogP contribution in [0, 0.1) is 0 Å². The lowest BCUT2D eigenvalue weighted by Crippen LogP contribution is -2.45. The summed E-state index contributed by atoms with van der Waals surface area (Å²) in [5.41, 5.74) is 0.0462. The van der Waals surface area contributed by atoms with Crippen LogP contribution in [0.15, 0.2) is 18.3 Å². The molecule has 1 fully saturated rings. The first-order valence-corrected chi connectivity index (χ1v) is 6.99. The van der Waals surface area contributed by atoms with Gasteiger partial charge in [0.15, 0.2) is 5.69 Å². The van der Waals surface area contributed by atoms with Gasteiger partial charge in [-0.15, -0.1) is 0 Å². The van der Waals surface area contributed by atoms with E-state index in [-0.39, 0.29) is 30.0 Å². The fraction of sp³-hybridized carbons (Fsp3) is 0.571. The summed E-state index contributed by atoms with van der Waals surface area (Å²) in [5, 5.41) is 21.6. The molecule has 0 aromatic carbocycles. The van der Waals surface area contributed by atoms with Crippen LogP contribution in [0.1, 0.15) is 29.8 Å². The van der Waals surface area contributed by atoms with Crippen LogP contribution in [-0.4, -0.2) is 58.3 Å². The molecule has 2 rings (SSSR count). The summed E-state index contributed by atoms with van der Waals surface area (Å²) in [4.78, 5) is 17.9. The quantitative estimate of drug-likeness (QED) is 0.725. The highest BCUT2D eigenvalue weighted by Gasteiger charge is 2.21. The van der Waals surface area contributed by atoms with Crippen molar-refractivity contribution in [2.75, 3.05) is 26.2 Å². The number of likely N-dealkylation sites (tertiary alicyclic amines) is 1. The van der Waals surface area contributed by atoms with Gasteiger partial charge in [-0.1, -0.05) is 6.42 Å². The fourth-order valence-electron chi connectivity index (χ4n) is 2.53. The van der Waals surface area contributed by atoms with Crippen molar-refractivity contribution in [3.63, 3.8) is 0 Å². The van der Waals surface area contributed by atoms with E-state index in [4.69, 9.17) is 0 Å². The van der Waals surface area contributed by atoms with Crippen molar-refractivity contribution in [2.24, 2.45) is 0 Å². The molecule has 0 saturated carbocycles. The van der Waals surface area contributed by atoms with E-state index in [1.54, 1.807) is 6.07 Å². The minimum atomic E-state index is -0.374. The molecule has 1 atom stereocenters. The Kier molecular flexibility index (Phi) is 5.31. The number of hydrogen-bond donors (Lipinski definition) is 3. The number of aliphatic hydroxyl groups is 1. The zero-order valence-electron chi connectivity index (χ0n) is 11.5. The van der Waals surface area contributed by atoms with E-state index < -0.39 is 0 Å². The van der Waals surface area contributed by atoms with Crippen molar-refractivity contribution in [3.05, 3.63) is 24.0 Å². The number of carbonyl (C=O) groups is 1. The number of hydrogen-bond acceptors (Lipinski definition) is 5. The molecule has 1 amide bonds. The van der Waals surface area contributed by atoms with Gasteiger partial charge in [0.2, 0.25) is 0 Å². The third-order valence-corrected chi connectivity index (χ3v) is 3.65. The van der Waals surface area contributed by atoms with Gasteiger partial charge < -0.3 is 15.5 Å². The van der Waals surface area contributed by atoms with E-state index in [0.717, 1.165) is 25.8 Å². The number of amides is 1. The number of pyridine rings is 1. The molecule has 0 aliphatic carbocycles. The molecule has 0 spiro atoms. The topological polar surface area (TPSA) is 85.7 Å². The molecule has 20 heavy (non-hydrogen) atoms. The first-order chi connectivity index (χ1) is 9.72. The van der Waals surface area contributed by atoms with Gasteiger partial charge >= 0.3 is 0 Å². The number of nitrogens with one attached hydrogen (secondary N) is 1. The first kappa shape index (κ1) is 14.7. The standard InChI is InChI=1S/C14H21N3O3/c18-10-11-4-1-2-8-17(11)9-7-16-14(20)13-12(19)5-3-6-15-13/h3,5-6,11,18-19H,1-2,4,7-10H2,(H,16,20)/t11-/m1/s1. The third kappa shape index (κ3) is 3.68. The van der Waals surface area contributed by atoms with E-state index in [1.807, 2.05) is 0 Å². The molecule has 2 heterocycles. The maximum Gasteiger partial charge on any atom is 0.273 e. The van der Waals surface area contributed by atoms with E-state index in [1.165, 1.54) is 12.3 Å². The van der Waals surface area contributed by atoms with E-state index in [9.17, 15) is 15.0 Å². The van der Waals surface area contributed by atoms with Crippen molar-refractivity contribution >= 4 is 5.91 Å². The zero-order chi connectivity index (χ0) is 14.4. The van der Waals surface area contributed by atoms with Crippen molar-refractivity contribution in [1.29, 1.82) is 0 Å². The number of nitrogens with zero attached hydrogens (tertiary/aromatic N) is 2. The number of piperidine rings is 1. The first-order valence-electron chi connectivity index (χ1n) is 6.99. The van der Waals surface area contributed by atoms with Crippen LogP contribution in [-0.2, 0) is 0 Å². The van der Waals surface area contributed by atoms with Gasteiger partial charge in [-0.25, -0.2) is 4.98 Å². The van der Waals surface area contributed by atoms with Gasteiger partial charge in [0.1, 0.15) is 5.75 Å². The second-order valence-corrected chi connectivity index (χ2v) is 5.00. The summed E-state index contributed by atoms with van der Waals surface area (Å²) in [6.07, 6.45) is 4.76. The van der Waals surface area contributed by atoms with Crippen LogP contribution >= 0.6 is 0 Å². The van der Waals surface area contributed by atoms with Gasteiger partial charge in [-0.2, -0.15) is 0 Å². The SMILES string of the molecule is O=C(NCCN1CCCC[C@@H]1CO)c1ncccc1O. The molecule has 0 radical (unpaired) electrons. The molecule has 1 aromatic rings. The van der Waals surface area contributed by atoms with Crippen LogP contribution in [0.25, 0.3) is 0 Å². The Hall–Kier alpha value is -1.66. The maximum absolute atomic E-state index is 11.9. The molecule has 1 aliphatic rings. The zero-order valence-corrected chi connectivity index (χ0v) is 11.5. The second kappa shape index (κ2) is 7.21. The van der Waals surface area contributed by atoms with Crippen molar-refractivity contribution < 1.29 is 15.0 Å². The monoisotopic (exact) mass is 279 g/mol. The Bertz CT molecular complexity index is 453. The molecule has 0 unspecified atom stereocenters. The molecule has 6 heteroatoms. The van der Waals surface area contributed by atoms with Gasteiger partial charge in [0.05, 0.1) is 6.61 Å².